The molecule has 4 heteroatoms. The van der Waals surface area contributed by atoms with Gasteiger partial charge in [0.1, 0.15) is 0 Å². The summed E-state index contributed by atoms with van der Waals surface area (Å²) in [6.07, 6.45) is 0. The second-order valence-corrected chi connectivity index (χ2v) is 2.92. The number of benzene rings is 1. The van der Waals surface area contributed by atoms with Crippen LogP contribution in [0.3, 0.4) is 0 Å². The maximum Gasteiger partial charge on any atom is 0.253 e. The summed E-state index contributed by atoms with van der Waals surface area (Å²) in [4.78, 5) is 13.0. The van der Waals surface area contributed by atoms with E-state index in [1.807, 2.05) is 0 Å². The quantitative estimate of drug-likeness (QED) is 0.518. The third kappa shape index (κ3) is 2.19. The van der Waals surface area contributed by atoms with Gasteiger partial charge in [-0.15, -0.1) is 0 Å². The van der Waals surface area contributed by atoms with E-state index in [4.69, 9.17) is 5.84 Å². The van der Waals surface area contributed by atoms with Crippen LogP contribution < -0.4 is 11.3 Å². The highest BCUT2D eigenvalue weighted by atomic mass is 16.2. The summed E-state index contributed by atoms with van der Waals surface area (Å²) in [5.74, 6) is 5.18. The van der Waals surface area contributed by atoms with E-state index < -0.39 is 0 Å². The third-order valence-electron chi connectivity index (χ3n) is 1.70. The molecule has 1 rings (SSSR count). The van der Waals surface area contributed by atoms with Crippen LogP contribution in [-0.2, 0) is 0 Å². The molecule has 1 aromatic carbocycles. The van der Waals surface area contributed by atoms with E-state index >= 15 is 0 Å². The third-order valence-corrected chi connectivity index (χ3v) is 1.70. The Hall–Kier alpha value is -1.55. The summed E-state index contributed by atoms with van der Waals surface area (Å²) in [6, 6.07) is 6.99. The number of hydrogen-bond acceptors (Lipinski definition) is 3. The first-order valence-electron chi connectivity index (χ1n) is 3.93. The van der Waals surface area contributed by atoms with E-state index in [2.05, 4.69) is 5.43 Å². The van der Waals surface area contributed by atoms with Crippen molar-refractivity contribution in [2.45, 2.75) is 0 Å². The minimum atomic E-state index is -0.0106. The predicted octanol–water partition coefficient (Wildman–Crippen LogP) is 0.674. The molecular formula is C9H13N3O. The molecule has 0 aliphatic rings. The van der Waals surface area contributed by atoms with Gasteiger partial charge in [-0.2, -0.15) is 0 Å². The fourth-order valence-electron chi connectivity index (χ4n) is 0.967. The SMILES string of the molecule is CN(C)C(=O)c1ccc(NN)cc1. The molecule has 0 bridgehead atoms. The average molecular weight is 179 g/mol. The lowest BCUT2D eigenvalue weighted by Gasteiger charge is -2.10. The van der Waals surface area contributed by atoms with Gasteiger partial charge in [-0.3, -0.25) is 10.6 Å². The Morgan fingerprint density at radius 2 is 1.85 bits per heavy atom. The van der Waals surface area contributed by atoms with Crippen LogP contribution in [0, 0.1) is 0 Å². The van der Waals surface area contributed by atoms with Crippen LogP contribution in [0.25, 0.3) is 0 Å². The molecule has 0 heterocycles. The van der Waals surface area contributed by atoms with Crippen molar-refractivity contribution >= 4 is 11.6 Å². The number of anilines is 1. The molecule has 70 valence electrons. The molecule has 0 spiro atoms. The van der Waals surface area contributed by atoms with Crippen LogP contribution in [0.4, 0.5) is 5.69 Å². The second kappa shape index (κ2) is 3.91. The van der Waals surface area contributed by atoms with Gasteiger partial charge in [-0.1, -0.05) is 0 Å². The molecule has 1 amide bonds. The first-order chi connectivity index (χ1) is 6.15. The van der Waals surface area contributed by atoms with Crippen molar-refractivity contribution in [2.75, 3.05) is 19.5 Å². The van der Waals surface area contributed by atoms with Crippen LogP contribution >= 0.6 is 0 Å². The molecule has 0 atom stereocenters. The van der Waals surface area contributed by atoms with E-state index in [1.54, 1.807) is 38.4 Å². The van der Waals surface area contributed by atoms with Crippen molar-refractivity contribution in [3.8, 4) is 0 Å². The predicted molar refractivity (Wildman–Crippen MR) is 52.3 cm³/mol. The molecule has 4 nitrogen and oxygen atoms in total. The zero-order valence-electron chi connectivity index (χ0n) is 7.74. The number of rotatable bonds is 2. The van der Waals surface area contributed by atoms with Gasteiger partial charge in [0.05, 0.1) is 0 Å². The fraction of sp³-hybridized carbons (Fsp3) is 0.222. The number of nitrogen functional groups attached to an aromatic ring is 1. The van der Waals surface area contributed by atoms with E-state index in [-0.39, 0.29) is 5.91 Å². The second-order valence-electron chi connectivity index (χ2n) is 2.92. The molecule has 13 heavy (non-hydrogen) atoms. The summed E-state index contributed by atoms with van der Waals surface area (Å²) < 4.78 is 0. The molecular weight excluding hydrogens is 166 g/mol. The average Bonchev–Trinajstić information content (AvgIpc) is 2.17. The molecule has 0 saturated carbocycles. The largest absolute Gasteiger partial charge is 0.345 e. The van der Waals surface area contributed by atoms with Crippen molar-refractivity contribution in [1.82, 2.24) is 4.90 Å². The first kappa shape index (κ1) is 9.54. The standard InChI is InChI=1S/C9H13N3O/c1-12(2)9(13)7-3-5-8(11-10)6-4-7/h3-6,11H,10H2,1-2H3. The van der Waals surface area contributed by atoms with Gasteiger partial charge in [0, 0.05) is 25.3 Å². The summed E-state index contributed by atoms with van der Waals surface area (Å²) in [5, 5.41) is 0. The van der Waals surface area contributed by atoms with Crippen LogP contribution in [0.2, 0.25) is 0 Å². The highest BCUT2D eigenvalue weighted by molar-refractivity contribution is 5.94. The molecule has 0 fully saturated rings. The minimum absolute atomic E-state index is 0.0106. The van der Waals surface area contributed by atoms with Gasteiger partial charge in [0.15, 0.2) is 0 Å². The lowest BCUT2D eigenvalue weighted by Crippen LogP contribution is -2.21. The maximum absolute atomic E-state index is 11.4. The number of nitrogens with zero attached hydrogens (tertiary/aromatic N) is 1. The van der Waals surface area contributed by atoms with Crippen LogP contribution in [0.5, 0.6) is 0 Å². The van der Waals surface area contributed by atoms with Gasteiger partial charge in [0.2, 0.25) is 0 Å². The molecule has 0 aliphatic carbocycles. The van der Waals surface area contributed by atoms with Gasteiger partial charge < -0.3 is 10.3 Å². The Kier molecular flexibility index (Phi) is 2.87. The number of hydrazine groups is 1. The highest BCUT2D eigenvalue weighted by Crippen LogP contribution is 2.08. The fourth-order valence-corrected chi connectivity index (χ4v) is 0.967. The monoisotopic (exact) mass is 179 g/mol. The Balaban J connectivity index is 2.86. The van der Waals surface area contributed by atoms with Crippen molar-refractivity contribution < 1.29 is 4.79 Å². The van der Waals surface area contributed by atoms with E-state index in [0.717, 1.165) is 5.69 Å². The van der Waals surface area contributed by atoms with Crippen LogP contribution in [0.1, 0.15) is 10.4 Å². The molecule has 0 saturated heterocycles. The summed E-state index contributed by atoms with van der Waals surface area (Å²) in [6.45, 7) is 0. The first-order valence-corrected chi connectivity index (χ1v) is 3.93. The number of amides is 1. The van der Waals surface area contributed by atoms with Gasteiger partial charge in [0.25, 0.3) is 5.91 Å². The van der Waals surface area contributed by atoms with Crippen LogP contribution in [0.15, 0.2) is 24.3 Å². The lowest BCUT2D eigenvalue weighted by atomic mass is 10.2. The van der Waals surface area contributed by atoms with E-state index in [9.17, 15) is 4.79 Å². The Bertz CT molecular complexity index is 292. The van der Waals surface area contributed by atoms with Crippen molar-refractivity contribution in [3.63, 3.8) is 0 Å². The summed E-state index contributed by atoms with van der Waals surface area (Å²) in [5.41, 5.74) is 3.94. The smallest absolute Gasteiger partial charge is 0.253 e. The van der Waals surface area contributed by atoms with E-state index in [0.29, 0.717) is 5.56 Å². The van der Waals surface area contributed by atoms with Crippen molar-refractivity contribution in [3.05, 3.63) is 29.8 Å². The molecule has 0 radical (unpaired) electrons. The Morgan fingerprint density at radius 1 is 1.31 bits per heavy atom. The maximum atomic E-state index is 11.4. The summed E-state index contributed by atoms with van der Waals surface area (Å²) in [7, 11) is 3.44. The molecule has 1 aromatic rings. The minimum Gasteiger partial charge on any atom is -0.345 e. The molecule has 0 unspecified atom stereocenters. The summed E-state index contributed by atoms with van der Waals surface area (Å²) >= 11 is 0. The van der Waals surface area contributed by atoms with Crippen molar-refractivity contribution in [1.29, 1.82) is 0 Å². The number of nitrogens with one attached hydrogen (secondary N) is 1. The van der Waals surface area contributed by atoms with Gasteiger partial charge in [-0.05, 0) is 24.3 Å². The molecule has 3 N–H and O–H groups in total. The van der Waals surface area contributed by atoms with E-state index in [1.165, 1.54) is 4.90 Å². The lowest BCUT2D eigenvalue weighted by molar-refractivity contribution is 0.0827. The highest BCUT2D eigenvalue weighted by Gasteiger charge is 2.06. The number of hydrogen-bond donors (Lipinski definition) is 2. The zero-order valence-corrected chi connectivity index (χ0v) is 7.74. The zero-order chi connectivity index (χ0) is 9.84. The number of carbonyl (C=O) groups is 1. The van der Waals surface area contributed by atoms with Crippen LogP contribution in [-0.4, -0.2) is 24.9 Å². The van der Waals surface area contributed by atoms with Gasteiger partial charge >= 0.3 is 0 Å². The topological polar surface area (TPSA) is 58.4 Å². The van der Waals surface area contributed by atoms with Gasteiger partial charge in [-0.25, -0.2) is 0 Å². The normalized spacial score (nSPS) is 9.46. The molecule has 0 aromatic heterocycles. The molecule has 0 aliphatic heterocycles. The van der Waals surface area contributed by atoms with Crippen molar-refractivity contribution in [2.24, 2.45) is 5.84 Å². The Labute approximate surface area is 77.3 Å². The number of carbonyl (C=O) groups excluding carboxylic acids is 1. The Morgan fingerprint density at radius 3 is 2.23 bits per heavy atom. The number of nitrogens with two attached hydrogens (primary N) is 1.